The van der Waals surface area contributed by atoms with E-state index in [4.69, 9.17) is 11.6 Å². The standard InChI is InChI=1S/C18H13ClN2O4S2/c19-14-6-12-18(13-7-14)27(24,25)21-16-10-8-15(9-11-16)20-26(22,23)17-4-2-1-3-5-17/h1-13H. The molecule has 6 nitrogen and oxygen atoms in total. The van der Waals surface area contributed by atoms with E-state index in [1.807, 2.05) is 0 Å². The number of hydrogen-bond acceptors (Lipinski definition) is 4. The van der Waals surface area contributed by atoms with Gasteiger partial charge in [-0.05, 0) is 60.7 Å². The summed E-state index contributed by atoms with van der Waals surface area (Å²) in [5.41, 5.74) is 0.322. The van der Waals surface area contributed by atoms with E-state index in [2.05, 4.69) is 8.80 Å². The lowest BCUT2D eigenvalue weighted by atomic mass is 10.1. The maximum atomic E-state index is 12.3. The predicted octanol–water partition coefficient (Wildman–Crippen LogP) is 3.43. The molecule has 2 aromatic rings. The van der Waals surface area contributed by atoms with Crippen LogP contribution in [0.15, 0.2) is 97.5 Å². The molecule has 0 fully saturated rings. The highest BCUT2D eigenvalue weighted by Gasteiger charge is 2.15. The van der Waals surface area contributed by atoms with Gasteiger partial charge in [0.1, 0.15) is 0 Å². The molecule has 0 atom stereocenters. The van der Waals surface area contributed by atoms with Crippen LogP contribution in [0.1, 0.15) is 0 Å². The number of sulfonamides is 2. The van der Waals surface area contributed by atoms with Crippen molar-refractivity contribution in [2.75, 3.05) is 0 Å². The van der Waals surface area contributed by atoms with Crippen molar-refractivity contribution in [1.29, 1.82) is 0 Å². The Morgan fingerprint density at radius 1 is 0.593 bits per heavy atom. The van der Waals surface area contributed by atoms with Crippen molar-refractivity contribution >= 4 is 43.1 Å². The van der Waals surface area contributed by atoms with Gasteiger partial charge in [0.05, 0.1) is 21.2 Å². The molecular weight excluding hydrogens is 408 g/mol. The Balaban J connectivity index is 1.84. The minimum Gasteiger partial charge on any atom is -0.199 e. The van der Waals surface area contributed by atoms with E-state index in [9.17, 15) is 16.8 Å². The third-order valence-electron chi connectivity index (χ3n) is 3.45. The zero-order chi connectivity index (χ0) is 19.5. The maximum absolute atomic E-state index is 12.3. The molecule has 0 unspecified atom stereocenters. The van der Waals surface area contributed by atoms with E-state index in [0.29, 0.717) is 5.02 Å². The molecule has 1 aliphatic carbocycles. The van der Waals surface area contributed by atoms with Crippen LogP contribution in [-0.4, -0.2) is 28.3 Å². The van der Waals surface area contributed by atoms with Crippen molar-refractivity contribution in [3.63, 3.8) is 0 Å². The lowest BCUT2D eigenvalue weighted by Gasteiger charge is -2.04. The molecule has 0 aliphatic heterocycles. The fraction of sp³-hybridized carbons (Fsp3) is 0. The van der Waals surface area contributed by atoms with Gasteiger partial charge in [-0.25, -0.2) is 0 Å². The van der Waals surface area contributed by atoms with Crippen LogP contribution < -0.4 is 0 Å². The lowest BCUT2D eigenvalue weighted by molar-refractivity contribution is 0.596. The number of hydrogen-bond donors (Lipinski definition) is 0. The zero-order valence-electron chi connectivity index (χ0n) is 13.7. The predicted molar refractivity (Wildman–Crippen MR) is 105 cm³/mol. The Kier molecular flexibility index (Phi) is 5.41. The SMILES string of the molecule is O=S(=O)(N=C1C=CC(=NS(=O)(=O)c2ccc(Cl)cc2)C=C1)c1ccccc1. The minimum absolute atomic E-state index is 0.00678. The number of nitrogens with zero attached hydrogens (tertiary/aromatic N) is 2. The van der Waals surface area contributed by atoms with E-state index in [0.717, 1.165) is 0 Å². The van der Waals surface area contributed by atoms with Crippen molar-refractivity contribution < 1.29 is 16.8 Å². The van der Waals surface area contributed by atoms with Crippen LogP contribution >= 0.6 is 11.6 Å². The van der Waals surface area contributed by atoms with Gasteiger partial charge in [0.2, 0.25) is 0 Å². The molecule has 0 saturated heterocycles. The topological polar surface area (TPSA) is 93.0 Å². The van der Waals surface area contributed by atoms with Crippen molar-refractivity contribution in [3.05, 3.63) is 83.9 Å². The van der Waals surface area contributed by atoms with E-state index in [-0.39, 0.29) is 21.2 Å². The van der Waals surface area contributed by atoms with Gasteiger partial charge in [0, 0.05) is 5.02 Å². The van der Waals surface area contributed by atoms with Crippen LogP contribution in [0.4, 0.5) is 0 Å². The third-order valence-corrected chi connectivity index (χ3v) is 6.34. The maximum Gasteiger partial charge on any atom is 0.282 e. The van der Waals surface area contributed by atoms with Gasteiger partial charge in [-0.3, -0.25) is 0 Å². The van der Waals surface area contributed by atoms with E-state index in [1.165, 1.54) is 60.7 Å². The molecule has 1 aliphatic rings. The summed E-state index contributed by atoms with van der Waals surface area (Å²) < 4.78 is 56.5. The summed E-state index contributed by atoms with van der Waals surface area (Å²) in [6.45, 7) is 0. The smallest absolute Gasteiger partial charge is 0.199 e. The fourth-order valence-corrected chi connectivity index (χ4v) is 4.27. The van der Waals surface area contributed by atoms with Crippen molar-refractivity contribution in [3.8, 4) is 0 Å². The average Bonchev–Trinajstić information content (AvgIpc) is 2.64. The molecule has 3 rings (SSSR count). The van der Waals surface area contributed by atoms with Gasteiger partial charge >= 0.3 is 0 Å². The molecule has 0 heterocycles. The van der Waals surface area contributed by atoms with Crippen molar-refractivity contribution in [1.82, 2.24) is 0 Å². The molecule has 138 valence electrons. The number of rotatable bonds is 4. The highest BCUT2D eigenvalue weighted by Crippen LogP contribution is 2.17. The Morgan fingerprint density at radius 2 is 1.00 bits per heavy atom. The first-order valence-electron chi connectivity index (χ1n) is 7.63. The van der Waals surface area contributed by atoms with Crippen LogP contribution in [0.5, 0.6) is 0 Å². The highest BCUT2D eigenvalue weighted by atomic mass is 35.5. The van der Waals surface area contributed by atoms with Gasteiger partial charge in [-0.1, -0.05) is 29.8 Å². The lowest BCUT2D eigenvalue weighted by Crippen LogP contribution is -2.07. The highest BCUT2D eigenvalue weighted by molar-refractivity contribution is 7.90. The van der Waals surface area contributed by atoms with Crippen molar-refractivity contribution in [2.24, 2.45) is 8.80 Å². The summed E-state index contributed by atoms with van der Waals surface area (Å²) >= 11 is 5.75. The second-order valence-electron chi connectivity index (χ2n) is 5.42. The largest absolute Gasteiger partial charge is 0.282 e. The first kappa shape index (κ1) is 19.2. The van der Waals surface area contributed by atoms with Crippen LogP contribution in [0.25, 0.3) is 0 Å². The Morgan fingerprint density at radius 3 is 1.44 bits per heavy atom. The minimum atomic E-state index is -3.90. The normalized spacial score (nSPS) is 14.3. The van der Waals surface area contributed by atoms with Gasteiger partial charge in [0.25, 0.3) is 20.0 Å². The molecule has 0 amide bonds. The Labute approximate surface area is 162 Å². The van der Waals surface area contributed by atoms with Crippen LogP contribution in [0.3, 0.4) is 0 Å². The summed E-state index contributed by atoms with van der Waals surface area (Å²) in [5, 5.41) is 0.416. The molecule has 0 saturated carbocycles. The Hall–Kier alpha value is -2.55. The molecule has 0 bridgehead atoms. The van der Waals surface area contributed by atoms with Crippen molar-refractivity contribution in [2.45, 2.75) is 9.79 Å². The monoisotopic (exact) mass is 420 g/mol. The quantitative estimate of drug-likeness (QED) is 0.708. The molecule has 0 radical (unpaired) electrons. The molecule has 2 aromatic carbocycles. The first-order valence-corrected chi connectivity index (χ1v) is 10.9. The summed E-state index contributed by atoms with van der Waals surface area (Å²) in [4.78, 5) is 0.0800. The number of allylic oxidation sites excluding steroid dienone is 4. The Bertz CT molecular complexity index is 1160. The summed E-state index contributed by atoms with van der Waals surface area (Å²) in [5.74, 6) is 0. The molecule has 0 spiro atoms. The zero-order valence-corrected chi connectivity index (χ0v) is 16.1. The van der Waals surface area contributed by atoms with E-state index < -0.39 is 20.0 Å². The van der Waals surface area contributed by atoms with E-state index in [1.54, 1.807) is 18.2 Å². The second-order valence-corrected chi connectivity index (χ2v) is 9.06. The summed E-state index contributed by atoms with van der Waals surface area (Å²) in [6.07, 6.45) is 5.53. The number of benzene rings is 2. The van der Waals surface area contributed by atoms with E-state index >= 15 is 0 Å². The molecule has 0 aromatic heterocycles. The van der Waals surface area contributed by atoms with Crippen LogP contribution in [0, 0.1) is 0 Å². The average molecular weight is 421 g/mol. The van der Waals surface area contributed by atoms with Crippen LogP contribution in [0.2, 0.25) is 5.02 Å². The van der Waals surface area contributed by atoms with Crippen LogP contribution in [-0.2, 0) is 20.0 Å². The first-order chi connectivity index (χ1) is 12.8. The van der Waals surface area contributed by atoms with Gasteiger partial charge in [-0.2, -0.15) is 25.6 Å². The number of halogens is 1. The van der Waals surface area contributed by atoms with Gasteiger partial charge in [-0.15, -0.1) is 0 Å². The molecule has 9 heteroatoms. The molecule has 27 heavy (non-hydrogen) atoms. The molecule has 0 N–H and O–H groups in total. The summed E-state index contributed by atoms with van der Waals surface area (Å²) in [7, 11) is -7.75. The summed E-state index contributed by atoms with van der Waals surface area (Å²) in [6, 6.07) is 13.4. The van der Waals surface area contributed by atoms with Gasteiger partial charge in [0.15, 0.2) is 0 Å². The second kappa shape index (κ2) is 7.59. The third kappa shape index (κ3) is 4.79. The fourth-order valence-electron chi connectivity index (χ4n) is 2.16. The van der Waals surface area contributed by atoms with Gasteiger partial charge < -0.3 is 0 Å². The molecular formula is C18H13ClN2O4S2.